The zero-order valence-electron chi connectivity index (χ0n) is 16.2. The van der Waals surface area contributed by atoms with Gasteiger partial charge in [-0.15, -0.1) is 11.3 Å². The quantitative estimate of drug-likeness (QED) is 0.329. The topological polar surface area (TPSA) is 59.5 Å². The Morgan fingerprint density at radius 2 is 1.93 bits per heavy atom. The molecule has 1 heterocycles. The highest BCUT2D eigenvalue weighted by Crippen LogP contribution is 2.31. The number of anilines is 2. The van der Waals surface area contributed by atoms with Crippen LogP contribution >= 0.6 is 11.3 Å². The van der Waals surface area contributed by atoms with E-state index >= 15 is 0 Å². The minimum atomic E-state index is -0.538. The summed E-state index contributed by atoms with van der Waals surface area (Å²) in [4.78, 5) is 29.7. The van der Waals surface area contributed by atoms with Crippen LogP contribution in [0, 0.1) is 19.7 Å². The number of aromatic nitrogens is 1. The number of para-hydroxylation sites is 1. The smallest absolute Gasteiger partial charge is 0.336 e. The molecule has 0 saturated heterocycles. The number of carbonyl (C=O) groups is 2. The first-order valence-corrected chi connectivity index (χ1v) is 9.71. The van der Waals surface area contributed by atoms with Crippen molar-refractivity contribution in [2.75, 3.05) is 4.90 Å². The Bertz CT molecular complexity index is 1090. The molecule has 0 N–H and O–H groups in total. The van der Waals surface area contributed by atoms with Crippen molar-refractivity contribution in [3.05, 3.63) is 76.6 Å². The fraction of sp³-hybridized carbons (Fsp3) is 0.136. The minimum absolute atomic E-state index is 0.124. The Morgan fingerprint density at radius 3 is 2.62 bits per heavy atom. The number of benzene rings is 2. The largest absolute Gasteiger partial charge is 0.423 e. The third-order valence-electron chi connectivity index (χ3n) is 4.04. The fourth-order valence-corrected chi connectivity index (χ4v) is 3.55. The molecular formula is C22H19FN2O3S. The molecular weight excluding hydrogens is 391 g/mol. The Labute approximate surface area is 172 Å². The highest BCUT2D eigenvalue weighted by atomic mass is 32.1. The molecule has 3 rings (SSSR count). The molecule has 148 valence electrons. The highest BCUT2D eigenvalue weighted by Gasteiger charge is 2.20. The van der Waals surface area contributed by atoms with Gasteiger partial charge < -0.3 is 4.74 Å². The summed E-state index contributed by atoms with van der Waals surface area (Å²) >= 11 is 1.17. The number of esters is 1. The molecule has 7 heteroatoms. The highest BCUT2D eigenvalue weighted by molar-refractivity contribution is 7.14. The second kappa shape index (κ2) is 8.79. The maximum absolute atomic E-state index is 14.1. The van der Waals surface area contributed by atoms with Gasteiger partial charge in [-0.3, -0.25) is 9.69 Å². The number of hydrogen-bond donors (Lipinski definition) is 0. The third kappa shape index (κ3) is 4.94. The lowest BCUT2D eigenvalue weighted by atomic mass is 10.1. The summed E-state index contributed by atoms with van der Waals surface area (Å²) in [5.74, 6) is -0.933. The first kappa shape index (κ1) is 20.4. The van der Waals surface area contributed by atoms with Crippen molar-refractivity contribution in [1.29, 1.82) is 0 Å². The number of aryl methyl sites for hydroxylation is 2. The Balaban J connectivity index is 1.76. The van der Waals surface area contributed by atoms with Crippen molar-refractivity contribution < 1.29 is 18.7 Å². The Hall–Kier alpha value is -3.32. The summed E-state index contributed by atoms with van der Waals surface area (Å²) in [6.07, 6.45) is 2.75. The number of rotatable bonds is 5. The Morgan fingerprint density at radius 1 is 1.17 bits per heavy atom. The van der Waals surface area contributed by atoms with Gasteiger partial charge in [0, 0.05) is 18.4 Å². The second-order valence-electron chi connectivity index (χ2n) is 6.38. The zero-order valence-corrected chi connectivity index (χ0v) is 17.0. The molecule has 0 aliphatic heterocycles. The van der Waals surface area contributed by atoms with Gasteiger partial charge >= 0.3 is 5.97 Å². The van der Waals surface area contributed by atoms with E-state index in [0.29, 0.717) is 16.6 Å². The van der Waals surface area contributed by atoms with E-state index in [1.807, 2.05) is 26.0 Å². The number of halogens is 1. The van der Waals surface area contributed by atoms with Crippen molar-refractivity contribution in [2.24, 2.45) is 0 Å². The summed E-state index contributed by atoms with van der Waals surface area (Å²) in [5, 5.41) is 1.98. The monoisotopic (exact) mass is 410 g/mol. The molecule has 0 saturated carbocycles. The average molecular weight is 410 g/mol. The first-order valence-electron chi connectivity index (χ1n) is 8.83. The minimum Gasteiger partial charge on any atom is -0.423 e. The lowest BCUT2D eigenvalue weighted by Crippen LogP contribution is -2.23. The average Bonchev–Trinajstić information content (AvgIpc) is 3.12. The maximum atomic E-state index is 14.1. The second-order valence-corrected chi connectivity index (χ2v) is 7.22. The van der Waals surface area contributed by atoms with Crippen LogP contribution in [0.25, 0.3) is 6.08 Å². The molecule has 0 aliphatic carbocycles. The van der Waals surface area contributed by atoms with E-state index in [2.05, 4.69) is 4.98 Å². The summed E-state index contributed by atoms with van der Waals surface area (Å²) in [6.45, 7) is 5.17. The molecule has 0 spiro atoms. The molecule has 0 radical (unpaired) electrons. The van der Waals surface area contributed by atoms with Crippen LogP contribution in [-0.2, 0) is 9.59 Å². The van der Waals surface area contributed by atoms with Crippen molar-refractivity contribution in [2.45, 2.75) is 20.8 Å². The van der Waals surface area contributed by atoms with E-state index in [1.54, 1.807) is 23.6 Å². The van der Waals surface area contributed by atoms with E-state index < -0.39 is 11.8 Å². The van der Waals surface area contributed by atoms with Crippen molar-refractivity contribution in [1.82, 2.24) is 4.98 Å². The van der Waals surface area contributed by atoms with Crippen molar-refractivity contribution in [3.63, 3.8) is 0 Å². The lowest BCUT2D eigenvalue weighted by Gasteiger charge is -2.18. The predicted octanol–water partition coefficient (Wildman–Crippen LogP) is 5.20. The normalized spacial score (nSPS) is 10.9. The Kier molecular flexibility index (Phi) is 6.19. The fourth-order valence-electron chi connectivity index (χ4n) is 2.71. The van der Waals surface area contributed by atoms with Gasteiger partial charge in [-0.1, -0.05) is 29.8 Å². The first-order chi connectivity index (χ1) is 13.8. The van der Waals surface area contributed by atoms with Crippen LogP contribution < -0.4 is 9.64 Å². The van der Waals surface area contributed by atoms with Gasteiger partial charge in [0.05, 0.1) is 11.4 Å². The molecule has 0 bridgehead atoms. The van der Waals surface area contributed by atoms with E-state index in [-0.39, 0.29) is 11.6 Å². The lowest BCUT2D eigenvalue weighted by molar-refractivity contribution is -0.129. The molecule has 0 atom stereocenters. The molecule has 0 unspecified atom stereocenters. The van der Waals surface area contributed by atoms with Gasteiger partial charge in [0.15, 0.2) is 5.13 Å². The van der Waals surface area contributed by atoms with Gasteiger partial charge in [-0.05, 0) is 43.7 Å². The zero-order chi connectivity index (χ0) is 21.0. The number of nitrogens with zero attached hydrogens (tertiary/aromatic N) is 2. The molecule has 29 heavy (non-hydrogen) atoms. The maximum Gasteiger partial charge on any atom is 0.336 e. The van der Waals surface area contributed by atoms with Crippen molar-refractivity contribution >= 4 is 40.1 Å². The van der Waals surface area contributed by atoms with Gasteiger partial charge in [0.2, 0.25) is 5.91 Å². The molecule has 5 nitrogen and oxygen atoms in total. The van der Waals surface area contributed by atoms with Crippen LogP contribution in [0.4, 0.5) is 15.2 Å². The van der Waals surface area contributed by atoms with Crippen LogP contribution in [0.5, 0.6) is 5.75 Å². The van der Waals surface area contributed by atoms with E-state index in [9.17, 15) is 14.0 Å². The number of amides is 1. The van der Waals surface area contributed by atoms with Gasteiger partial charge in [0.25, 0.3) is 0 Å². The van der Waals surface area contributed by atoms with Gasteiger partial charge in [-0.2, -0.15) is 0 Å². The van der Waals surface area contributed by atoms with Gasteiger partial charge in [0.1, 0.15) is 11.6 Å². The van der Waals surface area contributed by atoms with Crippen LogP contribution in [0.1, 0.15) is 23.7 Å². The van der Waals surface area contributed by atoms with E-state index in [4.69, 9.17) is 4.74 Å². The van der Waals surface area contributed by atoms with Crippen LogP contribution in [-0.4, -0.2) is 16.9 Å². The third-order valence-corrected chi connectivity index (χ3v) is 4.88. The van der Waals surface area contributed by atoms with Gasteiger partial charge in [-0.25, -0.2) is 14.2 Å². The summed E-state index contributed by atoms with van der Waals surface area (Å²) in [6, 6.07) is 11.5. The predicted molar refractivity (Wildman–Crippen MR) is 112 cm³/mol. The summed E-state index contributed by atoms with van der Waals surface area (Å²) in [5.41, 5.74) is 2.53. The SMILES string of the molecule is CC(=O)N(c1nc(/C=C/C(=O)Oc2ccc(C)cc2C)cs1)c1ccccc1F. The number of hydrogen-bond acceptors (Lipinski definition) is 5. The van der Waals surface area contributed by atoms with Crippen LogP contribution in [0.3, 0.4) is 0 Å². The van der Waals surface area contributed by atoms with Crippen LogP contribution in [0.2, 0.25) is 0 Å². The summed E-state index contributed by atoms with van der Waals surface area (Å²) in [7, 11) is 0. The molecule has 0 fully saturated rings. The summed E-state index contributed by atoms with van der Waals surface area (Å²) < 4.78 is 19.5. The van der Waals surface area contributed by atoms with Crippen molar-refractivity contribution in [3.8, 4) is 5.75 Å². The molecule has 0 aliphatic rings. The molecule has 2 aromatic carbocycles. The van der Waals surface area contributed by atoms with E-state index in [1.165, 1.54) is 47.4 Å². The van der Waals surface area contributed by atoms with E-state index in [0.717, 1.165) is 11.1 Å². The molecule has 1 amide bonds. The molecule has 1 aromatic heterocycles. The number of thiazole rings is 1. The van der Waals surface area contributed by atoms with Crippen LogP contribution in [0.15, 0.2) is 53.9 Å². The standard InChI is InChI=1S/C22H19FN2O3S/c1-14-8-10-20(15(2)12-14)28-21(27)11-9-17-13-29-22(24-17)25(16(3)26)19-7-5-4-6-18(19)23/h4-13H,1-3H3/b11-9+. The number of carbonyl (C=O) groups excluding carboxylic acids is 2. The number of ether oxygens (including phenoxy) is 1. The molecule has 3 aromatic rings.